The molecule has 0 aliphatic rings. The van der Waals surface area contributed by atoms with Crippen LogP contribution in [0.5, 0.6) is 0 Å². The number of carboxylic acids is 1. The van der Waals surface area contributed by atoms with E-state index in [1.807, 2.05) is 13.8 Å². The number of carbonyl (C=O) groups excluding carboxylic acids is 1. The smallest absolute Gasteiger partial charge is 0.305 e. The highest BCUT2D eigenvalue weighted by Crippen LogP contribution is 2.14. The Morgan fingerprint density at radius 2 is 2.05 bits per heavy atom. The number of non-ortho nitro benzene ring substituents is 1. The van der Waals surface area contributed by atoms with Crippen molar-refractivity contribution in [3.63, 3.8) is 0 Å². The molecule has 0 radical (unpaired) electrons. The van der Waals surface area contributed by atoms with Crippen LogP contribution in [-0.2, 0) is 16.0 Å². The zero-order chi connectivity index (χ0) is 16.7. The summed E-state index contributed by atoms with van der Waals surface area (Å²) in [4.78, 5) is 34.7. The lowest BCUT2D eigenvalue weighted by Crippen LogP contribution is -2.37. The lowest BCUT2D eigenvalue weighted by atomic mass is 10.1. The zero-order valence-electron chi connectivity index (χ0n) is 12.7. The lowest BCUT2D eigenvalue weighted by molar-refractivity contribution is -0.384. The monoisotopic (exact) mass is 308 g/mol. The van der Waals surface area contributed by atoms with Crippen molar-refractivity contribution in [1.82, 2.24) is 4.90 Å². The number of hydrogen-bond acceptors (Lipinski definition) is 4. The Bertz CT molecular complexity index is 557. The molecule has 0 aromatic heterocycles. The first-order valence-corrected chi connectivity index (χ1v) is 7.02. The Balaban J connectivity index is 2.78. The van der Waals surface area contributed by atoms with Crippen LogP contribution in [0.3, 0.4) is 0 Å². The minimum atomic E-state index is -0.961. The molecule has 0 saturated heterocycles. The number of carbonyl (C=O) groups is 2. The highest BCUT2D eigenvalue weighted by Gasteiger charge is 2.17. The fraction of sp³-hybridized carbons (Fsp3) is 0.467. The third kappa shape index (κ3) is 5.90. The molecule has 0 saturated carbocycles. The van der Waals surface area contributed by atoms with Gasteiger partial charge in [-0.05, 0) is 11.5 Å². The third-order valence-electron chi connectivity index (χ3n) is 3.01. The molecule has 0 aliphatic carbocycles. The molecule has 1 rings (SSSR count). The maximum absolute atomic E-state index is 12.3. The highest BCUT2D eigenvalue weighted by atomic mass is 16.6. The first-order valence-electron chi connectivity index (χ1n) is 7.02. The topological polar surface area (TPSA) is 101 Å². The Hall–Kier alpha value is -2.44. The molecule has 120 valence electrons. The van der Waals surface area contributed by atoms with Crippen LogP contribution in [0.4, 0.5) is 5.69 Å². The van der Waals surface area contributed by atoms with Crippen LogP contribution in [-0.4, -0.2) is 39.9 Å². The molecule has 0 bridgehead atoms. The summed E-state index contributed by atoms with van der Waals surface area (Å²) in [5.41, 5.74) is 0.481. The van der Waals surface area contributed by atoms with Gasteiger partial charge in [0.15, 0.2) is 0 Å². The number of nitrogens with zero attached hydrogens (tertiary/aromatic N) is 2. The van der Waals surface area contributed by atoms with Crippen molar-refractivity contribution in [2.24, 2.45) is 5.92 Å². The van der Waals surface area contributed by atoms with Gasteiger partial charge in [-0.3, -0.25) is 19.7 Å². The second-order valence-electron chi connectivity index (χ2n) is 5.48. The summed E-state index contributed by atoms with van der Waals surface area (Å²) in [5.74, 6) is -0.977. The summed E-state index contributed by atoms with van der Waals surface area (Å²) in [6, 6.07) is 5.91. The van der Waals surface area contributed by atoms with E-state index >= 15 is 0 Å². The number of aliphatic carboxylic acids is 1. The van der Waals surface area contributed by atoms with Crippen LogP contribution in [0.2, 0.25) is 0 Å². The van der Waals surface area contributed by atoms with Gasteiger partial charge in [0, 0.05) is 25.2 Å². The minimum absolute atomic E-state index is 0.0218. The molecule has 0 atom stereocenters. The van der Waals surface area contributed by atoms with E-state index in [1.165, 1.54) is 23.1 Å². The molecule has 7 nitrogen and oxygen atoms in total. The molecule has 1 N–H and O–H groups in total. The first-order chi connectivity index (χ1) is 10.3. The van der Waals surface area contributed by atoms with E-state index in [1.54, 1.807) is 6.07 Å². The molecule has 1 aromatic carbocycles. The number of benzene rings is 1. The minimum Gasteiger partial charge on any atom is -0.481 e. The predicted octanol–water partition coefficient (Wildman–Crippen LogP) is 2.10. The molecule has 1 aromatic rings. The quantitative estimate of drug-likeness (QED) is 0.585. The number of nitro groups is 1. The zero-order valence-corrected chi connectivity index (χ0v) is 12.7. The van der Waals surface area contributed by atoms with Crippen molar-refractivity contribution in [1.29, 1.82) is 0 Å². The van der Waals surface area contributed by atoms with Gasteiger partial charge in [-0.25, -0.2) is 0 Å². The number of nitro benzene ring substituents is 1. The van der Waals surface area contributed by atoms with Gasteiger partial charge in [-0.1, -0.05) is 26.0 Å². The fourth-order valence-electron chi connectivity index (χ4n) is 2.06. The van der Waals surface area contributed by atoms with Crippen molar-refractivity contribution < 1.29 is 19.6 Å². The van der Waals surface area contributed by atoms with Gasteiger partial charge in [0.1, 0.15) is 0 Å². The van der Waals surface area contributed by atoms with Crippen LogP contribution in [0.25, 0.3) is 0 Å². The van der Waals surface area contributed by atoms with Crippen LogP contribution < -0.4 is 0 Å². The van der Waals surface area contributed by atoms with Gasteiger partial charge < -0.3 is 10.0 Å². The maximum Gasteiger partial charge on any atom is 0.305 e. The van der Waals surface area contributed by atoms with E-state index in [-0.39, 0.29) is 36.9 Å². The summed E-state index contributed by atoms with van der Waals surface area (Å²) in [6.45, 7) is 4.48. The summed E-state index contributed by atoms with van der Waals surface area (Å²) < 4.78 is 0. The van der Waals surface area contributed by atoms with E-state index in [0.717, 1.165) is 0 Å². The van der Waals surface area contributed by atoms with Crippen molar-refractivity contribution >= 4 is 17.6 Å². The largest absolute Gasteiger partial charge is 0.481 e. The number of rotatable bonds is 8. The fourth-order valence-corrected chi connectivity index (χ4v) is 2.06. The first kappa shape index (κ1) is 17.6. The summed E-state index contributed by atoms with van der Waals surface area (Å²) in [6.07, 6.45) is -0.0958. The van der Waals surface area contributed by atoms with Crippen LogP contribution in [0, 0.1) is 16.0 Å². The Morgan fingerprint density at radius 3 is 2.59 bits per heavy atom. The van der Waals surface area contributed by atoms with E-state index in [4.69, 9.17) is 5.11 Å². The van der Waals surface area contributed by atoms with E-state index < -0.39 is 10.9 Å². The second kappa shape index (κ2) is 8.11. The molecule has 1 amide bonds. The average molecular weight is 308 g/mol. The van der Waals surface area contributed by atoms with Crippen molar-refractivity contribution in [3.05, 3.63) is 39.9 Å². The molecule has 22 heavy (non-hydrogen) atoms. The molecular weight excluding hydrogens is 288 g/mol. The number of hydrogen-bond donors (Lipinski definition) is 1. The van der Waals surface area contributed by atoms with Gasteiger partial charge in [0.25, 0.3) is 5.69 Å². The average Bonchev–Trinajstić information content (AvgIpc) is 2.43. The van der Waals surface area contributed by atoms with Gasteiger partial charge >= 0.3 is 5.97 Å². The van der Waals surface area contributed by atoms with Gasteiger partial charge in [0.2, 0.25) is 5.91 Å². The normalized spacial score (nSPS) is 10.5. The van der Waals surface area contributed by atoms with Gasteiger partial charge in [0.05, 0.1) is 17.8 Å². The highest BCUT2D eigenvalue weighted by molar-refractivity contribution is 5.79. The van der Waals surface area contributed by atoms with Gasteiger partial charge in [-0.2, -0.15) is 0 Å². The predicted molar refractivity (Wildman–Crippen MR) is 80.5 cm³/mol. The molecule has 0 aliphatic heterocycles. The Labute approximate surface area is 128 Å². The third-order valence-corrected chi connectivity index (χ3v) is 3.01. The Kier molecular flexibility index (Phi) is 6.49. The Morgan fingerprint density at radius 1 is 1.36 bits per heavy atom. The van der Waals surface area contributed by atoms with Crippen LogP contribution >= 0.6 is 0 Å². The summed E-state index contributed by atoms with van der Waals surface area (Å²) in [7, 11) is 0. The second-order valence-corrected chi connectivity index (χ2v) is 5.48. The van der Waals surface area contributed by atoms with Crippen LogP contribution in [0.1, 0.15) is 25.8 Å². The molecule has 0 heterocycles. The summed E-state index contributed by atoms with van der Waals surface area (Å²) >= 11 is 0. The van der Waals surface area contributed by atoms with E-state index in [0.29, 0.717) is 12.1 Å². The van der Waals surface area contributed by atoms with Crippen LogP contribution in [0.15, 0.2) is 24.3 Å². The molecule has 0 unspecified atom stereocenters. The standard InChI is InChI=1S/C15H20N2O5/c1-11(2)10-16(7-6-15(19)20)14(18)9-12-4-3-5-13(8-12)17(21)22/h3-5,8,11H,6-7,9-10H2,1-2H3,(H,19,20). The molecular formula is C15H20N2O5. The van der Waals surface area contributed by atoms with Crippen molar-refractivity contribution in [2.45, 2.75) is 26.7 Å². The van der Waals surface area contributed by atoms with E-state index in [9.17, 15) is 19.7 Å². The van der Waals surface area contributed by atoms with Crippen molar-refractivity contribution in [2.75, 3.05) is 13.1 Å². The van der Waals surface area contributed by atoms with Gasteiger partial charge in [-0.15, -0.1) is 0 Å². The molecule has 7 heteroatoms. The SMILES string of the molecule is CC(C)CN(CCC(=O)O)C(=O)Cc1cccc([N+](=O)[O-])c1. The molecule has 0 spiro atoms. The number of amides is 1. The number of carboxylic acid groups (broad SMARTS) is 1. The lowest BCUT2D eigenvalue weighted by Gasteiger charge is -2.24. The van der Waals surface area contributed by atoms with E-state index in [2.05, 4.69) is 0 Å². The summed E-state index contributed by atoms with van der Waals surface area (Å²) in [5, 5.41) is 19.5. The van der Waals surface area contributed by atoms with Crippen molar-refractivity contribution in [3.8, 4) is 0 Å². The molecule has 0 fully saturated rings. The maximum atomic E-state index is 12.3.